The minimum atomic E-state index is 0.217. The Hall–Kier alpha value is -0.590. The van der Waals surface area contributed by atoms with Crippen molar-refractivity contribution < 1.29 is 4.79 Å². The Labute approximate surface area is 132 Å². The maximum Gasteiger partial charge on any atom is 0.142 e. The van der Waals surface area contributed by atoms with Crippen LogP contribution in [0.2, 0.25) is 0 Å². The fraction of sp³-hybridized carbons (Fsp3) is 0.850. The van der Waals surface area contributed by atoms with E-state index in [0.717, 1.165) is 24.5 Å². The molecule has 1 fully saturated rings. The first-order chi connectivity index (χ1) is 9.99. The van der Waals surface area contributed by atoms with Crippen LogP contribution in [0.3, 0.4) is 0 Å². The first-order valence-corrected chi connectivity index (χ1v) is 9.14. The summed E-state index contributed by atoms with van der Waals surface area (Å²) < 4.78 is 0. The Bertz CT molecular complexity index is 344. The monoisotopic (exact) mass is 292 g/mol. The molecule has 1 rings (SSSR count). The molecular weight excluding hydrogens is 256 g/mol. The third kappa shape index (κ3) is 4.69. The normalized spacial score (nSPS) is 37.4. The number of allylic oxidation sites excluding steroid dienone is 2. The van der Waals surface area contributed by atoms with E-state index < -0.39 is 0 Å². The zero-order valence-corrected chi connectivity index (χ0v) is 15.0. The second kappa shape index (κ2) is 8.76. The highest BCUT2D eigenvalue weighted by molar-refractivity contribution is 5.66. The van der Waals surface area contributed by atoms with Crippen molar-refractivity contribution in [1.82, 2.24) is 0 Å². The lowest BCUT2D eigenvalue weighted by Crippen LogP contribution is -2.30. The average molecular weight is 293 g/mol. The van der Waals surface area contributed by atoms with E-state index in [0.29, 0.717) is 5.92 Å². The summed E-state index contributed by atoms with van der Waals surface area (Å²) in [6, 6.07) is 0. The zero-order valence-electron chi connectivity index (χ0n) is 15.0. The van der Waals surface area contributed by atoms with Gasteiger partial charge in [-0.15, -0.1) is 0 Å². The van der Waals surface area contributed by atoms with E-state index in [1.807, 2.05) is 6.08 Å². The molecule has 4 atom stereocenters. The molecule has 0 radical (unpaired) electrons. The summed E-state index contributed by atoms with van der Waals surface area (Å²) in [5.41, 5.74) is 1.63. The van der Waals surface area contributed by atoms with Crippen molar-refractivity contribution in [1.29, 1.82) is 0 Å². The van der Waals surface area contributed by atoms with Crippen molar-refractivity contribution in [3.05, 3.63) is 11.6 Å². The number of hydrogen-bond acceptors (Lipinski definition) is 1. The molecule has 0 saturated heterocycles. The summed E-state index contributed by atoms with van der Waals surface area (Å²) in [5.74, 6) is 2.38. The van der Waals surface area contributed by atoms with Crippen molar-refractivity contribution in [3.8, 4) is 0 Å². The summed E-state index contributed by atoms with van der Waals surface area (Å²) in [7, 11) is 0. The molecule has 0 aliphatic heterocycles. The van der Waals surface area contributed by atoms with Crippen LogP contribution in [0, 0.1) is 23.2 Å². The van der Waals surface area contributed by atoms with Gasteiger partial charge in [-0.3, -0.25) is 4.79 Å². The van der Waals surface area contributed by atoms with Gasteiger partial charge in [-0.1, -0.05) is 59.5 Å². The molecule has 122 valence electrons. The van der Waals surface area contributed by atoms with E-state index >= 15 is 0 Å². The molecule has 0 aromatic carbocycles. The molecule has 0 N–H and O–H groups in total. The Morgan fingerprint density at radius 1 is 1.19 bits per heavy atom. The summed E-state index contributed by atoms with van der Waals surface area (Å²) in [6.45, 7) is 11.9. The lowest BCUT2D eigenvalue weighted by Gasteiger charge is -2.40. The summed E-state index contributed by atoms with van der Waals surface area (Å²) in [5, 5.41) is 0. The van der Waals surface area contributed by atoms with E-state index in [4.69, 9.17) is 0 Å². The van der Waals surface area contributed by atoms with Crippen LogP contribution in [0.4, 0.5) is 0 Å². The summed E-state index contributed by atoms with van der Waals surface area (Å²) >= 11 is 0. The van der Waals surface area contributed by atoms with Crippen LogP contribution in [0.1, 0.15) is 86.0 Å². The standard InChI is InChI=1S/C20H36O/c1-6-14-20(5)17(4)11-12-18(7-2)16(3)9-8-10-19(20)13-15-21/h13,15-18H,6-12,14H2,1-5H3/b19-13-. The molecule has 1 aliphatic rings. The predicted molar refractivity (Wildman–Crippen MR) is 92.4 cm³/mol. The molecule has 0 spiro atoms. The zero-order chi connectivity index (χ0) is 15.9. The Kier molecular flexibility index (Phi) is 7.70. The first kappa shape index (κ1) is 18.5. The van der Waals surface area contributed by atoms with E-state index in [1.54, 1.807) is 0 Å². The van der Waals surface area contributed by atoms with E-state index in [9.17, 15) is 4.79 Å². The lowest BCUT2D eigenvalue weighted by molar-refractivity contribution is -0.104. The van der Waals surface area contributed by atoms with Crippen LogP contribution in [0.25, 0.3) is 0 Å². The number of hydrogen-bond donors (Lipinski definition) is 0. The molecule has 1 heteroatoms. The number of carbonyl (C=O) groups is 1. The van der Waals surface area contributed by atoms with Gasteiger partial charge in [0.05, 0.1) is 0 Å². The van der Waals surface area contributed by atoms with Gasteiger partial charge in [0.1, 0.15) is 6.29 Å². The van der Waals surface area contributed by atoms with Crippen molar-refractivity contribution in [3.63, 3.8) is 0 Å². The van der Waals surface area contributed by atoms with Gasteiger partial charge >= 0.3 is 0 Å². The van der Waals surface area contributed by atoms with Crippen LogP contribution in [-0.2, 0) is 4.79 Å². The predicted octanol–water partition coefficient (Wildman–Crippen LogP) is 6.18. The van der Waals surface area contributed by atoms with Gasteiger partial charge < -0.3 is 0 Å². The quantitative estimate of drug-likeness (QED) is 0.446. The van der Waals surface area contributed by atoms with Crippen LogP contribution < -0.4 is 0 Å². The average Bonchev–Trinajstić information content (AvgIpc) is 2.46. The molecule has 1 nitrogen and oxygen atoms in total. The van der Waals surface area contributed by atoms with Gasteiger partial charge in [0, 0.05) is 0 Å². The van der Waals surface area contributed by atoms with Gasteiger partial charge in [-0.25, -0.2) is 0 Å². The highest BCUT2D eigenvalue weighted by Crippen LogP contribution is 2.46. The van der Waals surface area contributed by atoms with Crippen molar-refractivity contribution in [2.45, 2.75) is 86.0 Å². The molecule has 0 amide bonds. The maximum absolute atomic E-state index is 11.1. The molecule has 0 aromatic heterocycles. The maximum atomic E-state index is 11.1. The fourth-order valence-corrected chi connectivity index (χ4v) is 4.41. The summed E-state index contributed by atoms with van der Waals surface area (Å²) in [4.78, 5) is 11.1. The van der Waals surface area contributed by atoms with E-state index in [2.05, 4.69) is 34.6 Å². The van der Waals surface area contributed by atoms with Crippen LogP contribution in [0.5, 0.6) is 0 Å². The second-order valence-electron chi connectivity index (χ2n) is 7.51. The first-order valence-electron chi connectivity index (χ1n) is 9.14. The van der Waals surface area contributed by atoms with Crippen molar-refractivity contribution in [2.75, 3.05) is 0 Å². The largest absolute Gasteiger partial charge is 0.299 e. The van der Waals surface area contributed by atoms with Gasteiger partial charge in [-0.2, -0.15) is 0 Å². The highest BCUT2D eigenvalue weighted by Gasteiger charge is 2.35. The van der Waals surface area contributed by atoms with Gasteiger partial charge in [0.25, 0.3) is 0 Å². The fourth-order valence-electron chi connectivity index (χ4n) is 4.41. The SMILES string of the molecule is CCCC1(C)/C(=C\C=O)CCCC(C)C(CC)CCC1C. The Morgan fingerprint density at radius 2 is 1.90 bits per heavy atom. The molecule has 1 saturated carbocycles. The number of aldehydes is 1. The van der Waals surface area contributed by atoms with Gasteiger partial charge in [0.2, 0.25) is 0 Å². The number of rotatable bonds is 4. The second-order valence-corrected chi connectivity index (χ2v) is 7.51. The van der Waals surface area contributed by atoms with Crippen LogP contribution in [0.15, 0.2) is 11.6 Å². The molecular formula is C20H36O. The van der Waals surface area contributed by atoms with E-state index in [-0.39, 0.29) is 5.41 Å². The molecule has 0 bridgehead atoms. The molecule has 0 heterocycles. The Morgan fingerprint density at radius 3 is 2.48 bits per heavy atom. The van der Waals surface area contributed by atoms with Crippen LogP contribution >= 0.6 is 0 Å². The Balaban J connectivity index is 3.02. The summed E-state index contributed by atoms with van der Waals surface area (Å²) in [6.07, 6.45) is 12.9. The smallest absolute Gasteiger partial charge is 0.142 e. The van der Waals surface area contributed by atoms with E-state index in [1.165, 1.54) is 50.5 Å². The molecule has 0 aromatic rings. The third-order valence-corrected chi connectivity index (χ3v) is 6.26. The van der Waals surface area contributed by atoms with Gasteiger partial charge in [0.15, 0.2) is 0 Å². The number of carbonyl (C=O) groups excluding carboxylic acids is 1. The molecule has 4 unspecified atom stereocenters. The molecule has 1 aliphatic carbocycles. The van der Waals surface area contributed by atoms with Crippen molar-refractivity contribution >= 4 is 6.29 Å². The lowest BCUT2D eigenvalue weighted by atomic mass is 9.64. The van der Waals surface area contributed by atoms with Crippen molar-refractivity contribution in [2.24, 2.45) is 23.2 Å². The van der Waals surface area contributed by atoms with Gasteiger partial charge in [-0.05, 0) is 61.3 Å². The minimum Gasteiger partial charge on any atom is -0.299 e. The third-order valence-electron chi connectivity index (χ3n) is 6.26. The van der Waals surface area contributed by atoms with Crippen LogP contribution in [-0.4, -0.2) is 6.29 Å². The minimum absolute atomic E-state index is 0.217. The molecule has 21 heavy (non-hydrogen) atoms. The highest BCUT2D eigenvalue weighted by atomic mass is 16.1. The topological polar surface area (TPSA) is 17.1 Å².